The monoisotopic (exact) mass is 421 g/mol. The lowest BCUT2D eigenvalue weighted by Gasteiger charge is -2.47. The second kappa shape index (κ2) is 11.6. The molecule has 0 amide bonds. The highest BCUT2D eigenvalue weighted by Gasteiger charge is 2.47. The number of fused-ring (bicyclic) bond motifs is 3. The van der Waals surface area contributed by atoms with Gasteiger partial charge in [-0.2, -0.15) is 0 Å². The summed E-state index contributed by atoms with van der Waals surface area (Å²) < 4.78 is 6.04. The average molecular weight is 422 g/mol. The number of unbranched alkanes of at least 4 members (excludes halogenated alkanes) is 4. The van der Waals surface area contributed by atoms with E-state index in [9.17, 15) is 14.9 Å². The summed E-state index contributed by atoms with van der Waals surface area (Å²) in [6.07, 6.45) is 8.84. The van der Waals surface area contributed by atoms with Crippen molar-refractivity contribution in [2.45, 2.75) is 101 Å². The van der Waals surface area contributed by atoms with Gasteiger partial charge in [0.1, 0.15) is 6.10 Å². The first-order chi connectivity index (χ1) is 13.0. The number of nitrogens with zero attached hydrogens (tertiary/aromatic N) is 1. The molecule has 0 N–H and O–H groups in total. The Hall–Kier alpha value is -0.390. The Morgan fingerprint density at radius 1 is 1.22 bits per heavy atom. The standard InChI is InChI=1S/C20H33Cl2NO4/c1-2-3-4-5-6-7-15(23(25)26)9-10-18(24)20-14-8-11-19(27-20)16(12-14)17(22)13-21/h14-17,19-20H,2-13H2,1H3. The van der Waals surface area contributed by atoms with Crippen molar-refractivity contribution in [3.05, 3.63) is 10.1 Å². The first-order valence-corrected chi connectivity index (χ1v) is 11.5. The minimum atomic E-state index is -0.618. The number of hydrogen-bond acceptors (Lipinski definition) is 4. The maximum atomic E-state index is 12.7. The summed E-state index contributed by atoms with van der Waals surface area (Å²) in [7, 11) is 0. The molecule has 0 radical (unpaired) electrons. The molecule has 156 valence electrons. The number of Topliss-reactive ketones (excluding diaryl/α,β-unsaturated/α-hetero) is 1. The predicted octanol–water partition coefficient (Wildman–Crippen LogP) is 5.37. The Bertz CT molecular complexity index is 491. The van der Waals surface area contributed by atoms with Crippen LogP contribution in [0.3, 0.4) is 0 Å². The van der Waals surface area contributed by atoms with E-state index in [0.29, 0.717) is 18.7 Å². The molecule has 6 unspecified atom stereocenters. The molecule has 2 bridgehead atoms. The molecule has 6 atom stereocenters. The Balaban J connectivity index is 1.78. The van der Waals surface area contributed by atoms with Gasteiger partial charge < -0.3 is 4.74 Å². The summed E-state index contributed by atoms with van der Waals surface area (Å²) >= 11 is 12.2. The van der Waals surface area contributed by atoms with Crippen molar-refractivity contribution in [2.24, 2.45) is 11.8 Å². The number of carbonyl (C=O) groups is 1. The number of alkyl halides is 2. The van der Waals surface area contributed by atoms with Gasteiger partial charge in [0.05, 0.1) is 11.5 Å². The van der Waals surface area contributed by atoms with E-state index >= 15 is 0 Å². The van der Waals surface area contributed by atoms with E-state index in [1.807, 2.05) is 0 Å². The molecule has 3 aliphatic rings. The molecule has 1 aliphatic carbocycles. The molecule has 2 heterocycles. The van der Waals surface area contributed by atoms with E-state index < -0.39 is 12.1 Å². The third-order valence-corrected chi connectivity index (χ3v) is 7.18. The van der Waals surface area contributed by atoms with Crippen molar-refractivity contribution in [1.29, 1.82) is 0 Å². The molecule has 0 aromatic carbocycles. The molecule has 2 aliphatic heterocycles. The highest BCUT2D eigenvalue weighted by Crippen LogP contribution is 2.44. The van der Waals surface area contributed by atoms with Crippen LogP contribution in [0.5, 0.6) is 0 Å². The van der Waals surface area contributed by atoms with E-state index in [0.717, 1.165) is 44.9 Å². The lowest BCUT2D eigenvalue weighted by atomic mass is 9.71. The summed E-state index contributed by atoms with van der Waals surface area (Å²) in [4.78, 5) is 23.8. The zero-order valence-corrected chi connectivity index (χ0v) is 17.8. The van der Waals surface area contributed by atoms with Crippen LogP contribution in [0, 0.1) is 22.0 Å². The van der Waals surface area contributed by atoms with Crippen LogP contribution in [0.2, 0.25) is 0 Å². The minimum absolute atomic E-state index is 0.00456. The number of ketones is 1. The van der Waals surface area contributed by atoms with E-state index in [1.54, 1.807) is 0 Å². The number of nitro groups is 1. The quantitative estimate of drug-likeness (QED) is 0.173. The molecular weight excluding hydrogens is 389 g/mol. The predicted molar refractivity (Wildman–Crippen MR) is 108 cm³/mol. The third-order valence-electron chi connectivity index (χ3n) is 6.22. The van der Waals surface area contributed by atoms with Crippen molar-refractivity contribution in [2.75, 3.05) is 5.88 Å². The van der Waals surface area contributed by atoms with E-state index in [4.69, 9.17) is 27.9 Å². The van der Waals surface area contributed by atoms with Crippen molar-refractivity contribution in [3.8, 4) is 0 Å². The van der Waals surface area contributed by atoms with Gasteiger partial charge >= 0.3 is 0 Å². The fourth-order valence-corrected chi connectivity index (χ4v) is 5.07. The van der Waals surface area contributed by atoms with E-state index in [1.165, 1.54) is 6.42 Å². The first-order valence-electron chi connectivity index (χ1n) is 10.5. The van der Waals surface area contributed by atoms with Gasteiger partial charge in [0, 0.05) is 36.0 Å². The molecule has 27 heavy (non-hydrogen) atoms. The lowest BCUT2D eigenvalue weighted by Crippen LogP contribution is -2.52. The Kier molecular flexibility index (Phi) is 9.81. The van der Waals surface area contributed by atoms with Gasteiger partial charge in [-0.05, 0) is 31.6 Å². The second-order valence-corrected chi connectivity index (χ2v) is 9.02. The zero-order chi connectivity index (χ0) is 19.8. The van der Waals surface area contributed by atoms with Gasteiger partial charge in [-0.15, -0.1) is 23.2 Å². The van der Waals surface area contributed by atoms with E-state index in [2.05, 4.69) is 6.92 Å². The SMILES string of the molecule is CCCCCCCC(CCC(=O)C1OC2CCC1CC2C(Cl)CCl)[N+](=O)[O-]. The average Bonchev–Trinajstić information content (AvgIpc) is 2.69. The van der Waals surface area contributed by atoms with Crippen molar-refractivity contribution >= 4 is 29.0 Å². The van der Waals surface area contributed by atoms with Gasteiger partial charge in [-0.25, -0.2) is 0 Å². The molecule has 7 heteroatoms. The van der Waals surface area contributed by atoms with Crippen LogP contribution in [0.25, 0.3) is 0 Å². The molecule has 1 saturated carbocycles. The molecule has 3 fully saturated rings. The summed E-state index contributed by atoms with van der Waals surface area (Å²) in [6.45, 7) is 2.15. The number of halogens is 2. The van der Waals surface area contributed by atoms with Gasteiger partial charge in [0.25, 0.3) is 0 Å². The van der Waals surface area contributed by atoms with Crippen LogP contribution >= 0.6 is 23.2 Å². The second-order valence-electron chi connectivity index (χ2n) is 8.15. The summed E-state index contributed by atoms with van der Waals surface area (Å²) in [6, 6.07) is -0.618. The normalized spacial score (nSPS) is 29.4. The Morgan fingerprint density at radius 2 is 1.96 bits per heavy atom. The Morgan fingerprint density at radius 3 is 2.56 bits per heavy atom. The van der Waals surface area contributed by atoms with Gasteiger partial charge in [-0.3, -0.25) is 14.9 Å². The fourth-order valence-electron chi connectivity index (χ4n) is 4.58. The molecule has 5 nitrogen and oxygen atoms in total. The fraction of sp³-hybridized carbons (Fsp3) is 0.950. The van der Waals surface area contributed by atoms with Crippen LogP contribution in [0.1, 0.15) is 77.6 Å². The molecule has 0 spiro atoms. The van der Waals surface area contributed by atoms with Crippen LogP contribution < -0.4 is 0 Å². The number of rotatable bonds is 13. The highest BCUT2D eigenvalue weighted by atomic mass is 35.5. The van der Waals surface area contributed by atoms with Gasteiger partial charge in [0.15, 0.2) is 5.78 Å². The molecule has 2 saturated heterocycles. The first kappa shape index (κ1) is 22.9. The highest BCUT2D eigenvalue weighted by molar-refractivity contribution is 6.28. The zero-order valence-electron chi connectivity index (χ0n) is 16.3. The molecule has 3 rings (SSSR count). The molecular formula is C20H33Cl2NO4. The number of ether oxygens (including phenoxy) is 1. The van der Waals surface area contributed by atoms with E-state index in [-0.39, 0.29) is 40.4 Å². The molecule has 0 aromatic heterocycles. The van der Waals surface area contributed by atoms with Crippen molar-refractivity contribution in [1.82, 2.24) is 0 Å². The van der Waals surface area contributed by atoms with Gasteiger partial charge in [-0.1, -0.05) is 32.6 Å². The molecule has 0 aromatic rings. The third kappa shape index (κ3) is 6.57. The maximum absolute atomic E-state index is 12.7. The summed E-state index contributed by atoms with van der Waals surface area (Å²) in [5.74, 6) is 0.805. The van der Waals surface area contributed by atoms with Crippen LogP contribution in [-0.4, -0.2) is 40.2 Å². The van der Waals surface area contributed by atoms with Crippen LogP contribution in [0.15, 0.2) is 0 Å². The Labute approximate surface area is 172 Å². The van der Waals surface area contributed by atoms with Crippen LogP contribution in [-0.2, 0) is 9.53 Å². The van der Waals surface area contributed by atoms with Crippen molar-refractivity contribution < 1.29 is 14.5 Å². The minimum Gasteiger partial charge on any atom is -0.367 e. The van der Waals surface area contributed by atoms with Gasteiger partial charge in [0.2, 0.25) is 6.04 Å². The largest absolute Gasteiger partial charge is 0.367 e. The summed E-state index contributed by atoms with van der Waals surface area (Å²) in [5, 5.41) is 11.2. The van der Waals surface area contributed by atoms with Crippen molar-refractivity contribution in [3.63, 3.8) is 0 Å². The van der Waals surface area contributed by atoms with Crippen LogP contribution in [0.4, 0.5) is 0 Å². The topological polar surface area (TPSA) is 69.4 Å². The lowest BCUT2D eigenvalue weighted by molar-refractivity contribution is -0.524. The smallest absolute Gasteiger partial charge is 0.213 e. The number of hydrogen-bond donors (Lipinski definition) is 0. The summed E-state index contributed by atoms with van der Waals surface area (Å²) in [5.41, 5.74) is 0. The maximum Gasteiger partial charge on any atom is 0.213 e. The number of carbonyl (C=O) groups excluding carboxylic acids is 1.